The van der Waals surface area contributed by atoms with Gasteiger partial charge in [0.1, 0.15) is 10.1 Å². The molecular formula is C9H7ClFN5S. The van der Waals surface area contributed by atoms with Crippen LogP contribution in [0.3, 0.4) is 0 Å². The molecule has 0 radical (unpaired) electrons. The monoisotopic (exact) mass is 271 g/mol. The second kappa shape index (κ2) is 5.26. The topological polar surface area (TPSA) is 76.7 Å². The molecule has 0 aromatic carbocycles. The first-order chi connectivity index (χ1) is 8.19. The summed E-state index contributed by atoms with van der Waals surface area (Å²) in [4.78, 5) is 11.5. The summed E-state index contributed by atoms with van der Waals surface area (Å²) in [6.45, 7) is 0. The highest BCUT2D eigenvalue weighted by Gasteiger charge is 2.09. The third-order valence-electron chi connectivity index (χ3n) is 1.74. The average Bonchev–Trinajstić information content (AvgIpc) is 2.35. The van der Waals surface area contributed by atoms with E-state index in [-0.39, 0.29) is 11.0 Å². The third kappa shape index (κ3) is 3.02. The molecule has 2 rings (SSSR count). The van der Waals surface area contributed by atoms with E-state index in [1.807, 2.05) is 0 Å². The Morgan fingerprint density at radius 2 is 2.12 bits per heavy atom. The highest BCUT2D eigenvalue weighted by atomic mass is 35.5. The maximum atomic E-state index is 13.4. The Hall–Kier alpha value is -1.44. The van der Waals surface area contributed by atoms with E-state index in [9.17, 15) is 4.39 Å². The fourth-order valence-electron chi connectivity index (χ4n) is 1.01. The van der Waals surface area contributed by atoms with Crippen LogP contribution in [0.15, 0.2) is 34.6 Å². The van der Waals surface area contributed by atoms with Crippen LogP contribution in [0.2, 0.25) is 5.02 Å². The van der Waals surface area contributed by atoms with Gasteiger partial charge in [-0.2, -0.15) is 0 Å². The fourth-order valence-corrected chi connectivity index (χ4v) is 1.85. The molecule has 2 aromatic rings. The van der Waals surface area contributed by atoms with E-state index in [1.54, 1.807) is 12.1 Å². The van der Waals surface area contributed by atoms with Gasteiger partial charge in [-0.25, -0.2) is 25.2 Å². The van der Waals surface area contributed by atoms with Gasteiger partial charge in [-0.15, -0.1) is 0 Å². The van der Waals surface area contributed by atoms with E-state index in [0.717, 1.165) is 18.0 Å². The summed E-state index contributed by atoms with van der Waals surface area (Å²) in [7, 11) is 0. The van der Waals surface area contributed by atoms with Crippen molar-refractivity contribution in [2.24, 2.45) is 5.84 Å². The Morgan fingerprint density at radius 1 is 1.29 bits per heavy atom. The van der Waals surface area contributed by atoms with Crippen LogP contribution in [0.25, 0.3) is 0 Å². The summed E-state index contributed by atoms with van der Waals surface area (Å²) in [6, 6.07) is 3.34. The first-order valence-electron chi connectivity index (χ1n) is 4.47. The van der Waals surface area contributed by atoms with Crippen LogP contribution in [0.5, 0.6) is 0 Å². The lowest BCUT2D eigenvalue weighted by Gasteiger charge is -2.03. The number of anilines is 1. The summed E-state index contributed by atoms with van der Waals surface area (Å²) in [6.07, 6.45) is 2.52. The van der Waals surface area contributed by atoms with Crippen molar-refractivity contribution in [2.45, 2.75) is 10.1 Å². The molecule has 0 aliphatic heterocycles. The molecule has 0 bridgehead atoms. The SMILES string of the molecule is NNc1ncc(F)c(Sc2ccc(Cl)cn2)n1. The lowest BCUT2D eigenvalue weighted by Crippen LogP contribution is -2.11. The van der Waals surface area contributed by atoms with Crippen LogP contribution < -0.4 is 11.3 Å². The van der Waals surface area contributed by atoms with Gasteiger partial charge < -0.3 is 0 Å². The number of nitrogens with one attached hydrogen (secondary N) is 1. The molecule has 0 aliphatic carbocycles. The second-order valence-corrected chi connectivity index (χ2v) is 4.35. The third-order valence-corrected chi connectivity index (χ3v) is 2.90. The van der Waals surface area contributed by atoms with E-state index in [1.165, 1.54) is 6.20 Å². The minimum Gasteiger partial charge on any atom is -0.292 e. The molecular weight excluding hydrogens is 265 g/mol. The largest absolute Gasteiger partial charge is 0.292 e. The van der Waals surface area contributed by atoms with E-state index in [2.05, 4.69) is 20.4 Å². The standard InChI is InChI=1S/C9H7ClFN5S/c10-5-1-2-7(13-3-5)17-8-6(11)4-14-9(15-8)16-12/h1-4H,12H2,(H,14,15,16). The van der Waals surface area contributed by atoms with Gasteiger partial charge in [0.25, 0.3) is 0 Å². The second-order valence-electron chi connectivity index (χ2n) is 2.91. The molecule has 0 aliphatic rings. The predicted octanol–water partition coefficient (Wildman–Crippen LogP) is 2.10. The van der Waals surface area contributed by atoms with Crippen LogP contribution in [0, 0.1) is 5.82 Å². The number of halogens is 2. The smallest absolute Gasteiger partial charge is 0.238 e. The van der Waals surface area contributed by atoms with E-state index in [0.29, 0.717) is 10.0 Å². The number of nitrogens with zero attached hydrogens (tertiary/aromatic N) is 3. The first kappa shape index (κ1) is 12.0. The molecule has 0 spiro atoms. The van der Waals surface area contributed by atoms with Crippen molar-refractivity contribution in [3.8, 4) is 0 Å². The van der Waals surface area contributed by atoms with Gasteiger partial charge in [-0.05, 0) is 23.9 Å². The van der Waals surface area contributed by atoms with Gasteiger partial charge in [0.15, 0.2) is 5.82 Å². The van der Waals surface area contributed by atoms with Crippen LogP contribution in [-0.4, -0.2) is 15.0 Å². The predicted molar refractivity (Wildman–Crippen MR) is 63.2 cm³/mol. The molecule has 0 saturated heterocycles. The lowest BCUT2D eigenvalue weighted by molar-refractivity contribution is 0.580. The van der Waals surface area contributed by atoms with Crippen molar-refractivity contribution in [1.29, 1.82) is 0 Å². The number of pyridine rings is 1. The van der Waals surface area contributed by atoms with Crippen molar-refractivity contribution in [3.05, 3.63) is 35.4 Å². The maximum absolute atomic E-state index is 13.4. The van der Waals surface area contributed by atoms with Crippen molar-refractivity contribution < 1.29 is 4.39 Å². The van der Waals surface area contributed by atoms with Crippen molar-refractivity contribution in [2.75, 3.05) is 5.43 Å². The molecule has 0 saturated carbocycles. The Balaban J connectivity index is 2.25. The Bertz CT molecular complexity index is 521. The number of hydrogen-bond donors (Lipinski definition) is 2. The van der Waals surface area contributed by atoms with Crippen molar-refractivity contribution in [3.63, 3.8) is 0 Å². The normalized spacial score (nSPS) is 10.3. The van der Waals surface area contributed by atoms with Gasteiger partial charge in [0.05, 0.1) is 11.2 Å². The summed E-state index contributed by atoms with van der Waals surface area (Å²) >= 11 is 6.76. The average molecular weight is 272 g/mol. The zero-order valence-electron chi connectivity index (χ0n) is 8.39. The van der Waals surface area contributed by atoms with Crippen LogP contribution in [0.1, 0.15) is 0 Å². The number of nitrogen functional groups attached to an aromatic ring is 1. The Morgan fingerprint density at radius 3 is 2.76 bits per heavy atom. The number of hydrogen-bond acceptors (Lipinski definition) is 6. The van der Waals surface area contributed by atoms with Crippen molar-refractivity contribution >= 4 is 29.3 Å². The molecule has 5 nitrogen and oxygen atoms in total. The molecule has 0 unspecified atom stereocenters. The molecule has 88 valence electrons. The van der Waals surface area contributed by atoms with Gasteiger partial charge in [-0.1, -0.05) is 11.6 Å². The number of nitrogens with two attached hydrogens (primary N) is 1. The zero-order chi connectivity index (χ0) is 12.3. The molecule has 8 heteroatoms. The maximum Gasteiger partial charge on any atom is 0.238 e. The summed E-state index contributed by atoms with van der Waals surface area (Å²) in [5.74, 6) is 4.75. The van der Waals surface area contributed by atoms with Gasteiger partial charge in [0.2, 0.25) is 5.95 Å². The van der Waals surface area contributed by atoms with Crippen molar-refractivity contribution in [1.82, 2.24) is 15.0 Å². The molecule has 0 fully saturated rings. The van der Waals surface area contributed by atoms with Crippen LogP contribution >= 0.6 is 23.4 Å². The van der Waals surface area contributed by atoms with Gasteiger partial charge in [-0.3, -0.25) is 5.43 Å². The number of aromatic nitrogens is 3. The Kier molecular flexibility index (Phi) is 3.72. The van der Waals surface area contributed by atoms with E-state index in [4.69, 9.17) is 17.4 Å². The van der Waals surface area contributed by atoms with Gasteiger partial charge >= 0.3 is 0 Å². The summed E-state index contributed by atoms with van der Waals surface area (Å²) in [5, 5.41) is 1.24. The highest BCUT2D eigenvalue weighted by Crippen LogP contribution is 2.27. The lowest BCUT2D eigenvalue weighted by atomic mass is 10.5. The molecule has 17 heavy (non-hydrogen) atoms. The highest BCUT2D eigenvalue weighted by molar-refractivity contribution is 7.99. The van der Waals surface area contributed by atoms with E-state index < -0.39 is 5.82 Å². The Labute approximate surface area is 106 Å². The summed E-state index contributed by atoms with van der Waals surface area (Å²) < 4.78 is 13.4. The van der Waals surface area contributed by atoms with Crippen LogP contribution in [0.4, 0.5) is 10.3 Å². The molecule has 0 atom stereocenters. The minimum absolute atomic E-state index is 0.141. The number of hydrazine groups is 1. The molecule has 2 aromatic heterocycles. The molecule has 2 heterocycles. The quantitative estimate of drug-likeness (QED) is 0.506. The van der Waals surface area contributed by atoms with Gasteiger partial charge in [0, 0.05) is 6.20 Å². The van der Waals surface area contributed by atoms with E-state index >= 15 is 0 Å². The first-order valence-corrected chi connectivity index (χ1v) is 5.67. The molecule has 0 amide bonds. The number of rotatable bonds is 3. The van der Waals surface area contributed by atoms with Crippen LogP contribution in [-0.2, 0) is 0 Å². The fraction of sp³-hybridized carbons (Fsp3) is 0. The minimum atomic E-state index is -0.536. The summed E-state index contributed by atoms with van der Waals surface area (Å²) in [5.41, 5.74) is 2.25. The zero-order valence-corrected chi connectivity index (χ0v) is 9.96. The molecule has 3 N–H and O–H groups in total.